The van der Waals surface area contributed by atoms with Crippen LogP contribution in [0.15, 0.2) is 42.7 Å². The molecule has 4 rings (SSSR count). The van der Waals surface area contributed by atoms with Crippen LogP contribution < -0.4 is 11.1 Å². The predicted molar refractivity (Wildman–Crippen MR) is 84.6 cm³/mol. The lowest BCUT2D eigenvalue weighted by molar-refractivity contribution is 0.867. The van der Waals surface area contributed by atoms with Crippen molar-refractivity contribution in [3.63, 3.8) is 0 Å². The third-order valence-electron chi connectivity index (χ3n) is 3.67. The maximum absolute atomic E-state index is 5.70. The highest BCUT2D eigenvalue weighted by molar-refractivity contribution is 5.68. The Morgan fingerprint density at radius 3 is 2.68 bits per heavy atom. The van der Waals surface area contributed by atoms with E-state index >= 15 is 0 Å². The van der Waals surface area contributed by atoms with Crippen molar-refractivity contribution in [3.8, 4) is 11.3 Å². The summed E-state index contributed by atoms with van der Waals surface area (Å²) in [6, 6.07) is 9.87. The Morgan fingerprint density at radius 1 is 0.955 bits per heavy atom. The van der Waals surface area contributed by atoms with Gasteiger partial charge in [-0.2, -0.15) is 0 Å². The second kappa shape index (κ2) is 5.07. The lowest BCUT2D eigenvalue weighted by atomic mass is 9.95. The van der Waals surface area contributed by atoms with Crippen molar-refractivity contribution in [3.05, 3.63) is 54.0 Å². The highest BCUT2D eigenvalue weighted by Crippen LogP contribution is 2.31. The van der Waals surface area contributed by atoms with E-state index in [1.165, 1.54) is 0 Å². The van der Waals surface area contributed by atoms with Crippen molar-refractivity contribution in [2.45, 2.75) is 12.8 Å². The molecule has 6 nitrogen and oxygen atoms in total. The summed E-state index contributed by atoms with van der Waals surface area (Å²) >= 11 is 0. The largest absolute Gasteiger partial charge is 0.368 e. The van der Waals surface area contributed by atoms with Crippen LogP contribution in [0.5, 0.6) is 0 Å². The monoisotopic (exact) mass is 290 g/mol. The van der Waals surface area contributed by atoms with Gasteiger partial charge in [0.2, 0.25) is 11.9 Å². The Kier molecular flexibility index (Phi) is 2.93. The molecule has 0 unspecified atom stereocenters. The number of para-hydroxylation sites is 1. The highest BCUT2D eigenvalue weighted by Gasteiger charge is 2.20. The Labute approximate surface area is 127 Å². The van der Waals surface area contributed by atoms with Crippen molar-refractivity contribution in [1.82, 2.24) is 19.9 Å². The molecular weight excluding hydrogens is 276 g/mol. The van der Waals surface area contributed by atoms with Gasteiger partial charge in [-0.15, -0.1) is 0 Å². The first-order valence-electron chi connectivity index (χ1n) is 7.09. The van der Waals surface area contributed by atoms with Gasteiger partial charge in [-0.25, -0.2) is 19.9 Å². The summed E-state index contributed by atoms with van der Waals surface area (Å²) in [5, 5.41) is 3.21. The molecule has 0 spiro atoms. The number of aryl methyl sites for hydroxylation is 2. The number of hydrogen-bond donors (Lipinski definition) is 2. The number of nitrogens with zero attached hydrogens (tertiary/aromatic N) is 4. The molecule has 3 N–H and O–H groups in total. The first kappa shape index (κ1) is 12.7. The third-order valence-corrected chi connectivity index (χ3v) is 3.67. The van der Waals surface area contributed by atoms with Crippen LogP contribution in [0, 0.1) is 0 Å². The molecule has 0 bridgehead atoms. The minimum atomic E-state index is 0.276. The summed E-state index contributed by atoms with van der Waals surface area (Å²) < 4.78 is 0. The zero-order chi connectivity index (χ0) is 14.9. The molecule has 108 valence electrons. The number of anilines is 3. The van der Waals surface area contributed by atoms with Crippen molar-refractivity contribution in [2.24, 2.45) is 0 Å². The molecule has 1 aliphatic rings. The van der Waals surface area contributed by atoms with E-state index in [0.717, 1.165) is 41.0 Å². The highest BCUT2D eigenvalue weighted by atomic mass is 15.1. The van der Waals surface area contributed by atoms with Crippen LogP contribution in [0.4, 0.5) is 17.6 Å². The smallest absolute Gasteiger partial charge is 0.227 e. The van der Waals surface area contributed by atoms with Gasteiger partial charge in [-0.1, -0.05) is 18.2 Å². The fourth-order valence-electron chi connectivity index (χ4n) is 2.61. The van der Waals surface area contributed by atoms with E-state index in [9.17, 15) is 0 Å². The maximum atomic E-state index is 5.70. The lowest BCUT2D eigenvalue weighted by Crippen LogP contribution is -2.11. The van der Waals surface area contributed by atoms with Gasteiger partial charge in [0.15, 0.2) is 0 Å². The number of fused-ring (bicyclic) bond motifs is 3. The second-order valence-electron chi connectivity index (χ2n) is 5.15. The van der Waals surface area contributed by atoms with E-state index in [1.54, 1.807) is 12.4 Å². The first-order valence-corrected chi connectivity index (χ1v) is 7.09. The molecule has 0 saturated heterocycles. The molecule has 0 fully saturated rings. The van der Waals surface area contributed by atoms with E-state index < -0.39 is 0 Å². The number of aromatic nitrogens is 4. The summed E-state index contributed by atoms with van der Waals surface area (Å²) in [6.45, 7) is 0. The molecule has 2 aromatic heterocycles. The van der Waals surface area contributed by atoms with E-state index in [1.807, 2.05) is 30.3 Å². The number of nitrogen functional groups attached to an aromatic ring is 1. The summed E-state index contributed by atoms with van der Waals surface area (Å²) in [6.07, 6.45) is 5.31. The summed E-state index contributed by atoms with van der Waals surface area (Å²) in [7, 11) is 0. The number of nitrogens with one attached hydrogen (secondary N) is 1. The fraction of sp³-hybridized carbons (Fsp3) is 0.125. The van der Waals surface area contributed by atoms with Gasteiger partial charge >= 0.3 is 0 Å². The average Bonchev–Trinajstić information content (AvgIpc) is 2.55. The van der Waals surface area contributed by atoms with Crippen LogP contribution in [0.3, 0.4) is 0 Å². The molecule has 0 saturated carbocycles. The molecule has 2 heterocycles. The topological polar surface area (TPSA) is 89.6 Å². The Bertz CT molecular complexity index is 831. The van der Waals surface area contributed by atoms with E-state index in [0.29, 0.717) is 5.95 Å². The lowest BCUT2D eigenvalue weighted by Gasteiger charge is -2.18. The summed E-state index contributed by atoms with van der Waals surface area (Å²) in [5.74, 6) is 0.869. The summed E-state index contributed by atoms with van der Waals surface area (Å²) in [4.78, 5) is 17.4. The zero-order valence-corrected chi connectivity index (χ0v) is 11.8. The van der Waals surface area contributed by atoms with Crippen LogP contribution in [0.2, 0.25) is 0 Å². The minimum absolute atomic E-state index is 0.276. The fourth-order valence-corrected chi connectivity index (χ4v) is 2.61. The van der Waals surface area contributed by atoms with Crippen LogP contribution >= 0.6 is 0 Å². The maximum Gasteiger partial charge on any atom is 0.227 e. The van der Waals surface area contributed by atoms with Crippen LogP contribution in [0.1, 0.15) is 11.3 Å². The molecule has 0 atom stereocenters. The quantitative estimate of drug-likeness (QED) is 0.753. The third kappa shape index (κ3) is 2.24. The summed E-state index contributed by atoms with van der Waals surface area (Å²) in [5.41, 5.74) is 10.5. The zero-order valence-electron chi connectivity index (χ0n) is 11.8. The molecule has 1 aromatic carbocycles. The number of rotatable bonds is 2. The Balaban J connectivity index is 1.71. The Hall–Kier alpha value is -3.02. The van der Waals surface area contributed by atoms with Gasteiger partial charge in [0.25, 0.3) is 0 Å². The molecule has 1 aliphatic carbocycles. The molecule has 6 heteroatoms. The van der Waals surface area contributed by atoms with Crippen LogP contribution in [-0.2, 0) is 12.8 Å². The van der Waals surface area contributed by atoms with Gasteiger partial charge in [-0.05, 0) is 30.5 Å². The molecule has 0 amide bonds. The molecule has 22 heavy (non-hydrogen) atoms. The van der Waals surface area contributed by atoms with E-state index in [4.69, 9.17) is 5.73 Å². The number of hydrogen-bond acceptors (Lipinski definition) is 6. The molecule has 3 aromatic rings. The van der Waals surface area contributed by atoms with Gasteiger partial charge in [-0.3, -0.25) is 0 Å². The minimum Gasteiger partial charge on any atom is -0.368 e. The van der Waals surface area contributed by atoms with Gasteiger partial charge in [0, 0.05) is 23.6 Å². The molecular formula is C16H14N6. The van der Waals surface area contributed by atoms with Gasteiger partial charge < -0.3 is 11.1 Å². The van der Waals surface area contributed by atoms with Crippen molar-refractivity contribution in [1.29, 1.82) is 0 Å². The van der Waals surface area contributed by atoms with Gasteiger partial charge in [0.1, 0.15) is 0 Å². The number of nitrogens with two attached hydrogens (primary N) is 1. The predicted octanol–water partition coefficient (Wildman–Crippen LogP) is 2.36. The standard InChI is InChI=1S/C16H14N6/c17-15-18-8-10-6-7-13-12(14(10)22-15)9-19-16(21-13)20-11-4-2-1-3-5-11/h1-5,8-9H,6-7H2,(H2,17,18,22)(H,19,20,21). The normalized spacial score (nSPS) is 12.4. The molecule has 0 radical (unpaired) electrons. The van der Waals surface area contributed by atoms with Gasteiger partial charge in [0.05, 0.1) is 11.4 Å². The average molecular weight is 290 g/mol. The first-order chi connectivity index (χ1) is 10.8. The SMILES string of the molecule is Nc1ncc2c(n1)-c1cnc(Nc3ccccc3)nc1CC2. The van der Waals surface area contributed by atoms with Crippen molar-refractivity contribution >= 4 is 17.6 Å². The molecule has 0 aliphatic heterocycles. The van der Waals surface area contributed by atoms with E-state index in [2.05, 4.69) is 25.3 Å². The Morgan fingerprint density at radius 2 is 1.82 bits per heavy atom. The second-order valence-corrected chi connectivity index (χ2v) is 5.15. The van der Waals surface area contributed by atoms with Crippen molar-refractivity contribution in [2.75, 3.05) is 11.1 Å². The van der Waals surface area contributed by atoms with E-state index in [-0.39, 0.29) is 5.95 Å². The van der Waals surface area contributed by atoms with Crippen LogP contribution in [-0.4, -0.2) is 19.9 Å². The van der Waals surface area contributed by atoms with Crippen molar-refractivity contribution < 1.29 is 0 Å². The van der Waals surface area contributed by atoms with Crippen LogP contribution in [0.25, 0.3) is 11.3 Å². The number of benzene rings is 1.